The van der Waals surface area contributed by atoms with Gasteiger partial charge in [-0.05, 0) is 42.3 Å². The molecule has 9 nitrogen and oxygen atoms in total. The molecule has 2 aliphatic rings. The van der Waals surface area contributed by atoms with Crippen molar-refractivity contribution in [2.45, 2.75) is 56.9 Å². The number of amides is 2. The van der Waals surface area contributed by atoms with Crippen LogP contribution in [0.1, 0.15) is 53.6 Å². The van der Waals surface area contributed by atoms with Gasteiger partial charge in [0.15, 0.2) is 11.5 Å². The van der Waals surface area contributed by atoms with Gasteiger partial charge >= 0.3 is 0 Å². The number of aliphatic hydroxyl groups is 2. The quantitative estimate of drug-likeness (QED) is 0.374. The maximum absolute atomic E-state index is 13.6. The lowest BCUT2D eigenvalue weighted by atomic mass is 9.77. The van der Waals surface area contributed by atoms with Crippen molar-refractivity contribution in [3.8, 4) is 11.5 Å². The molecule has 0 unspecified atom stereocenters. The predicted molar refractivity (Wildman–Crippen MR) is 140 cm³/mol. The first kappa shape index (κ1) is 28.3. The zero-order chi connectivity index (χ0) is 28.1. The molecule has 208 valence electrons. The number of fused-ring (bicyclic) bond motifs is 3. The van der Waals surface area contributed by atoms with E-state index in [9.17, 15) is 29.0 Å². The number of aldehydes is 1. The molecule has 3 N–H and O–H groups in total. The summed E-state index contributed by atoms with van der Waals surface area (Å²) in [6.45, 7) is 1.77. The van der Waals surface area contributed by atoms with Crippen molar-refractivity contribution >= 4 is 18.1 Å². The molecule has 2 aromatic carbocycles. The largest absolute Gasteiger partial charge is 0.493 e. The molecule has 0 radical (unpaired) electrons. The maximum atomic E-state index is 13.6. The van der Waals surface area contributed by atoms with E-state index in [2.05, 4.69) is 5.32 Å². The minimum Gasteiger partial charge on any atom is -0.493 e. The van der Waals surface area contributed by atoms with Gasteiger partial charge in [0.25, 0.3) is 0 Å². The van der Waals surface area contributed by atoms with Gasteiger partial charge in [0.05, 0.1) is 25.7 Å². The number of aliphatic hydroxyl groups excluding tert-OH is 2. The Labute approximate surface area is 226 Å². The van der Waals surface area contributed by atoms with Crippen LogP contribution in [0.15, 0.2) is 48.0 Å². The summed E-state index contributed by atoms with van der Waals surface area (Å²) in [6, 6.07) is 7.90. The number of halogens is 1. The van der Waals surface area contributed by atoms with E-state index in [0.29, 0.717) is 35.1 Å². The SMILES string of the molecule is CCCCC(=O)N(Cc1ccc(F)cc1)[C@@H]1C=C(C(=O)NCCO)[C@@H]2c3cc(C=O)cc(OC)c3O[C@@H]2[C@H]1O. The summed E-state index contributed by atoms with van der Waals surface area (Å²) < 4.78 is 25.2. The van der Waals surface area contributed by atoms with Crippen molar-refractivity contribution in [1.82, 2.24) is 10.2 Å². The first-order valence-corrected chi connectivity index (χ1v) is 13.0. The number of carbonyl (C=O) groups excluding carboxylic acids is 3. The van der Waals surface area contributed by atoms with Crippen LogP contribution in [0.4, 0.5) is 4.39 Å². The molecule has 0 bridgehead atoms. The zero-order valence-corrected chi connectivity index (χ0v) is 21.9. The van der Waals surface area contributed by atoms with Crippen LogP contribution in [0, 0.1) is 5.82 Å². The second kappa shape index (κ2) is 12.4. The monoisotopic (exact) mass is 540 g/mol. The van der Waals surface area contributed by atoms with Crippen molar-refractivity contribution in [2.75, 3.05) is 20.3 Å². The number of benzene rings is 2. The molecule has 0 aromatic heterocycles. The van der Waals surface area contributed by atoms with Crippen molar-refractivity contribution in [3.05, 3.63) is 70.6 Å². The van der Waals surface area contributed by atoms with Crippen LogP contribution in [0.2, 0.25) is 0 Å². The van der Waals surface area contributed by atoms with Gasteiger partial charge in [-0.3, -0.25) is 14.4 Å². The van der Waals surface area contributed by atoms with Gasteiger partial charge < -0.3 is 29.9 Å². The topological polar surface area (TPSA) is 125 Å². The number of methoxy groups -OCH3 is 1. The highest BCUT2D eigenvalue weighted by Crippen LogP contribution is 2.51. The van der Waals surface area contributed by atoms with Gasteiger partial charge in [-0.15, -0.1) is 0 Å². The molecular weight excluding hydrogens is 507 g/mol. The number of ether oxygens (including phenoxy) is 2. The molecule has 10 heteroatoms. The normalized spacial score (nSPS) is 21.2. The molecule has 4 atom stereocenters. The third-order valence-corrected chi connectivity index (χ3v) is 7.10. The van der Waals surface area contributed by atoms with Gasteiger partial charge in [0.2, 0.25) is 11.8 Å². The van der Waals surface area contributed by atoms with E-state index in [0.717, 1.165) is 6.42 Å². The van der Waals surface area contributed by atoms with Crippen molar-refractivity contribution in [2.24, 2.45) is 0 Å². The first-order chi connectivity index (χ1) is 18.8. The number of nitrogens with zero attached hydrogens (tertiary/aromatic N) is 1. The van der Waals surface area contributed by atoms with E-state index >= 15 is 0 Å². The van der Waals surface area contributed by atoms with Crippen LogP contribution in [0.3, 0.4) is 0 Å². The van der Waals surface area contributed by atoms with E-state index < -0.39 is 35.9 Å². The summed E-state index contributed by atoms with van der Waals surface area (Å²) >= 11 is 0. The average Bonchev–Trinajstić information content (AvgIpc) is 3.34. The summed E-state index contributed by atoms with van der Waals surface area (Å²) in [7, 11) is 1.43. The molecule has 0 saturated heterocycles. The lowest BCUT2D eigenvalue weighted by molar-refractivity contribution is -0.138. The van der Waals surface area contributed by atoms with Crippen LogP contribution in [0.5, 0.6) is 11.5 Å². The molecule has 1 aliphatic heterocycles. The molecule has 2 amide bonds. The Bertz CT molecular complexity index is 1250. The maximum Gasteiger partial charge on any atom is 0.247 e. The third kappa shape index (κ3) is 5.81. The standard InChI is InChI=1S/C29H33FN2O7/c1-3-4-5-24(35)32(15-17-6-8-19(30)9-7-17)22-14-21(29(37)31-10-11-33)25-20-12-18(16-34)13-23(38-2)27(20)39-28(25)26(22)36/h6-9,12-14,16,22,25-26,28,33,36H,3-5,10-11,15H2,1-2H3,(H,31,37)/t22-,25+,26+,28+/m1/s1. The summed E-state index contributed by atoms with van der Waals surface area (Å²) in [6.07, 6.45) is 1.66. The van der Waals surface area contributed by atoms with Crippen LogP contribution >= 0.6 is 0 Å². The van der Waals surface area contributed by atoms with Gasteiger partial charge in [-0.2, -0.15) is 0 Å². The van der Waals surface area contributed by atoms with Gasteiger partial charge in [0, 0.05) is 36.2 Å². The number of hydrogen-bond donors (Lipinski definition) is 3. The Kier molecular flexibility index (Phi) is 8.98. The molecular formula is C29H33FN2O7. The first-order valence-electron chi connectivity index (χ1n) is 13.0. The predicted octanol–water partition coefficient (Wildman–Crippen LogP) is 2.49. The third-order valence-electron chi connectivity index (χ3n) is 7.10. The van der Waals surface area contributed by atoms with Gasteiger partial charge in [0.1, 0.15) is 24.3 Å². The average molecular weight is 541 g/mol. The Morgan fingerprint density at radius 3 is 2.62 bits per heavy atom. The van der Waals surface area contributed by atoms with E-state index in [1.54, 1.807) is 24.3 Å². The van der Waals surface area contributed by atoms with Crippen LogP contribution in [-0.2, 0) is 16.1 Å². The molecule has 39 heavy (non-hydrogen) atoms. The smallest absolute Gasteiger partial charge is 0.247 e. The Morgan fingerprint density at radius 2 is 1.97 bits per heavy atom. The van der Waals surface area contributed by atoms with E-state index in [-0.39, 0.29) is 43.3 Å². The van der Waals surface area contributed by atoms with Crippen LogP contribution < -0.4 is 14.8 Å². The molecule has 2 aromatic rings. The fourth-order valence-corrected chi connectivity index (χ4v) is 5.18. The summed E-state index contributed by atoms with van der Waals surface area (Å²) in [4.78, 5) is 39.9. The highest BCUT2D eigenvalue weighted by Gasteiger charge is 2.51. The Morgan fingerprint density at radius 1 is 1.23 bits per heavy atom. The fraction of sp³-hybridized carbons (Fsp3) is 0.414. The molecule has 0 saturated carbocycles. The van der Waals surface area contributed by atoms with Crippen LogP contribution in [-0.4, -0.2) is 71.7 Å². The highest BCUT2D eigenvalue weighted by molar-refractivity contribution is 5.96. The molecule has 0 spiro atoms. The second-order valence-corrected chi connectivity index (χ2v) is 9.65. The number of carbonyl (C=O) groups is 3. The molecule has 0 fully saturated rings. The Hall–Kier alpha value is -3.76. The highest BCUT2D eigenvalue weighted by atomic mass is 19.1. The van der Waals surface area contributed by atoms with Gasteiger partial charge in [-0.25, -0.2) is 4.39 Å². The minimum atomic E-state index is -1.24. The fourth-order valence-electron chi connectivity index (χ4n) is 5.18. The molecule has 1 aliphatic carbocycles. The van der Waals surface area contributed by atoms with Crippen molar-refractivity contribution < 1.29 is 38.5 Å². The van der Waals surface area contributed by atoms with E-state index in [1.165, 1.54) is 30.2 Å². The lowest BCUT2D eigenvalue weighted by Crippen LogP contribution is -2.55. The number of rotatable bonds is 11. The zero-order valence-electron chi connectivity index (χ0n) is 21.9. The molecule has 4 rings (SSSR count). The number of nitrogens with one attached hydrogen (secondary N) is 1. The minimum absolute atomic E-state index is 0.000910. The number of unbranched alkanes of at least 4 members (excludes halogenated alkanes) is 1. The van der Waals surface area contributed by atoms with Crippen LogP contribution in [0.25, 0.3) is 0 Å². The van der Waals surface area contributed by atoms with E-state index in [1.807, 2.05) is 6.92 Å². The Balaban J connectivity index is 1.80. The summed E-state index contributed by atoms with van der Waals surface area (Å²) in [5, 5.41) is 23.6. The van der Waals surface area contributed by atoms with Crippen molar-refractivity contribution in [3.63, 3.8) is 0 Å². The summed E-state index contributed by atoms with van der Waals surface area (Å²) in [5.41, 5.74) is 1.71. The number of hydrogen-bond acceptors (Lipinski definition) is 7. The molecule has 1 heterocycles. The lowest BCUT2D eigenvalue weighted by Gasteiger charge is -2.41. The van der Waals surface area contributed by atoms with E-state index in [4.69, 9.17) is 9.47 Å². The summed E-state index contributed by atoms with van der Waals surface area (Å²) in [5.74, 6) is -1.30. The van der Waals surface area contributed by atoms with Crippen molar-refractivity contribution in [1.29, 1.82) is 0 Å². The second-order valence-electron chi connectivity index (χ2n) is 9.65. The van der Waals surface area contributed by atoms with Gasteiger partial charge in [-0.1, -0.05) is 25.5 Å².